The van der Waals surface area contributed by atoms with E-state index in [9.17, 15) is 56.0 Å². The normalized spacial score (nSPS) is 11.5. The van der Waals surface area contributed by atoms with Gasteiger partial charge in [-0.3, -0.25) is 0 Å². The molecule has 0 amide bonds. The van der Waals surface area contributed by atoms with E-state index < -0.39 is 75.5 Å². The molecule has 0 aliphatic heterocycles. The molecule has 9 nitrogen and oxygen atoms in total. The largest absolute Gasteiger partial charge is 0.573 e. The van der Waals surface area contributed by atoms with Crippen LogP contribution in [-0.4, -0.2) is 53.1 Å². The van der Waals surface area contributed by atoms with Crippen molar-refractivity contribution in [3.63, 3.8) is 0 Å². The van der Waals surface area contributed by atoms with Crippen molar-refractivity contribution in [1.82, 2.24) is 0 Å². The Morgan fingerprint density at radius 3 is 0.933 bits per heavy atom. The van der Waals surface area contributed by atoms with Crippen LogP contribution in [0.2, 0.25) is 0 Å². The van der Waals surface area contributed by atoms with Crippen LogP contribution in [0.5, 0.6) is 17.2 Å². The average Bonchev–Trinajstić information content (AvgIpc) is 2.94. The maximum Gasteiger partial charge on any atom is 0.573 e. The van der Waals surface area contributed by atoms with Gasteiger partial charge in [0, 0.05) is 16.7 Å². The molecule has 0 saturated heterocycles. The molecule has 0 radical (unpaired) electrons. The maximum absolute atomic E-state index is 12.8. The predicted octanol–water partition coefficient (Wildman–Crippen LogP) is 7.59. The second-order valence-electron chi connectivity index (χ2n) is 9.04. The zero-order chi connectivity index (χ0) is 33.3. The van der Waals surface area contributed by atoms with E-state index in [1.807, 2.05) is 0 Å². The van der Waals surface area contributed by atoms with E-state index in [2.05, 4.69) is 9.47 Å². The van der Waals surface area contributed by atoms with E-state index >= 15 is 0 Å². The zero-order valence-electron chi connectivity index (χ0n) is 22.5. The lowest BCUT2D eigenvalue weighted by atomic mass is 9.79. The van der Waals surface area contributed by atoms with Crippen molar-refractivity contribution < 1.29 is 70.3 Å². The predicted molar refractivity (Wildman–Crippen MR) is 144 cm³/mol. The van der Waals surface area contributed by atoms with Crippen molar-refractivity contribution in [3.8, 4) is 50.6 Å². The van der Waals surface area contributed by atoms with Crippen molar-refractivity contribution >= 4 is 17.9 Å². The Kier molecular flexibility index (Phi) is 8.66. The monoisotopic (exact) mass is 636 g/mol. The van der Waals surface area contributed by atoms with Crippen molar-refractivity contribution in [1.29, 1.82) is 0 Å². The number of hydrogen-bond acceptors (Lipinski definition) is 6. The minimum absolute atomic E-state index is 0.0425. The molecule has 0 fully saturated rings. The van der Waals surface area contributed by atoms with Gasteiger partial charge in [-0.2, -0.15) is 0 Å². The molecule has 0 spiro atoms. The molecule has 4 aromatic carbocycles. The SMILES string of the molecule is COc1ccc(-c2c(C(=O)O)c(-c3ccc(OC(F)(F)F)cc3)c(C(=O)O)c(-c3ccc(OC(F)(F)F)cc3)c2C(=O)O)cc1. The number of carboxylic acid groups (broad SMARTS) is 3. The van der Waals surface area contributed by atoms with Crippen molar-refractivity contribution in [2.45, 2.75) is 12.7 Å². The van der Waals surface area contributed by atoms with Gasteiger partial charge in [0.05, 0.1) is 23.8 Å². The van der Waals surface area contributed by atoms with Crippen LogP contribution in [0.25, 0.3) is 33.4 Å². The summed E-state index contributed by atoms with van der Waals surface area (Å²) >= 11 is 0. The molecule has 0 aliphatic rings. The van der Waals surface area contributed by atoms with Crippen LogP contribution >= 0.6 is 0 Å². The standard InChI is InChI=1S/C30H18F6O9/c1-43-17-8-2-14(3-9-17)20-23(26(37)38)21(15-4-10-18(11-5-15)44-29(31,32)33)25(28(41)42)22(24(20)27(39)40)16-6-12-19(13-7-16)45-30(34,35)36/h2-13H,1H3,(H,37,38)(H,39,40)(H,41,42). The lowest BCUT2D eigenvalue weighted by molar-refractivity contribution is -0.275. The number of aromatic carboxylic acids is 3. The molecule has 0 unspecified atom stereocenters. The van der Waals surface area contributed by atoms with Gasteiger partial charge in [-0.15, -0.1) is 26.3 Å². The summed E-state index contributed by atoms with van der Waals surface area (Å²) < 4.78 is 89.4. The first-order chi connectivity index (χ1) is 21.0. The third-order valence-electron chi connectivity index (χ3n) is 6.27. The molecular weight excluding hydrogens is 618 g/mol. The summed E-state index contributed by atoms with van der Waals surface area (Å²) in [6, 6.07) is 12.3. The lowest BCUT2D eigenvalue weighted by Gasteiger charge is -2.23. The molecule has 0 saturated carbocycles. The summed E-state index contributed by atoms with van der Waals surface area (Å²) in [5, 5.41) is 31.2. The zero-order valence-corrected chi connectivity index (χ0v) is 22.5. The highest BCUT2D eigenvalue weighted by atomic mass is 19.4. The van der Waals surface area contributed by atoms with Gasteiger partial charge in [-0.1, -0.05) is 36.4 Å². The Morgan fingerprint density at radius 2 is 0.733 bits per heavy atom. The van der Waals surface area contributed by atoms with Crippen molar-refractivity contribution in [2.75, 3.05) is 7.11 Å². The van der Waals surface area contributed by atoms with Gasteiger partial charge in [0.15, 0.2) is 0 Å². The smallest absolute Gasteiger partial charge is 0.497 e. The Labute approximate surface area is 248 Å². The van der Waals surface area contributed by atoms with Crippen LogP contribution in [0, 0.1) is 0 Å². The number of carboxylic acids is 3. The lowest BCUT2D eigenvalue weighted by Crippen LogP contribution is -2.18. The van der Waals surface area contributed by atoms with Gasteiger partial charge >= 0.3 is 30.6 Å². The van der Waals surface area contributed by atoms with E-state index in [4.69, 9.17) is 4.74 Å². The molecule has 0 aromatic heterocycles. The van der Waals surface area contributed by atoms with E-state index in [1.165, 1.54) is 31.4 Å². The third-order valence-corrected chi connectivity index (χ3v) is 6.27. The van der Waals surface area contributed by atoms with Gasteiger partial charge < -0.3 is 29.5 Å². The molecule has 0 bridgehead atoms. The molecule has 4 aromatic rings. The third kappa shape index (κ3) is 7.09. The number of hydrogen-bond donors (Lipinski definition) is 3. The van der Waals surface area contributed by atoms with Crippen LogP contribution in [0.15, 0.2) is 72.8 Å². The summed E-state index contributed by atoms with van der Waals surface area (Å²) in [5.74, 6) is -6.60. The van der Waals surface area contributed by atoms with Gasteiger partial charge in [0.2, 0.25) is 0 Å². The highest BCUT2D eigenvalue weighted by Crippen LogP contribution is 2.46. The molecule has 0 atom stereocenters. The summed E-state index contributed by atoms with van der Waals surface area (Å²) in [6.07, 6.45) is -10.2. The summed E-state index contributed by atoms with van der Waals surface area (Å²) in [4.78, 5) is 38.5. The fourth-order valence-corrected chi connectivity index (χ4v) is 4.66. The first kappa shape index (κ1) is 32.2. The number of halogens is 6. The fraction of sp³-hybridized carbons (Fsp3) is 0.100. The Bertz CT molecular complexity index is 1660. The Hall–Kier alpha value is -5.73. The topological polar surface area (TPSA) is 140 Å². The van der Waals surface area contributed by atoms with Crippen LogP contribution in [-0.2, 0) is 0 Å². The second-order valence-corrected chi connectivity index (χ2v) is 9.04. The van der Waals surface area contributed by atoms with Crippen LogP contribution in [0.4, 0.5) is 26.3 Å². The minimum atomic E-state index is -5.08. The minimum Gasteiger partial charge on any atom is -0.497 e. The Balaban J connectivity index is 2.18. The van der Waals surface area contributed by atoms with Gasteiger partial charge in [0.1, 0.15) is 17.2 Å². The van der Waals surface area contributed by atoms with Crippen LogP contribution in [0.1, 0.15) is 31.1 Å². The van der Waals surface area contributed by atoms with Gasteiger partial charge in [-0.05, 0) is 53.1 Å². The number of ether oxygens (including phenoxy) is 3. The second kappa shape index (κ2) is 12.1. The van der Waals surface area contributed by atoms with Crippen LogP contribution in [0.3, 0.4) is 0 Å². The molecule has 4 rings (SSSR count). The highest BCUT2D eigenvalue weighted by Gasteiger charge is 2.36. The number of alkyl halides is 6. The summed E-state index contributed by atoms with van der Waals surface area (Å²) in [7, 11) is 1.33. The van der Waals surface area contributed by atoms with Crippen molar-refractivity contribution in [2.24, 2.45) is 0 Å². The fourth-order valence-electron chi connectivity index (χ4n) is 4.66. The Morgan fingerprint density at radius 1 is 0.489 bits per heavy atom. The van der Waals surface area contributed by atoms with E-state index in [0.717, 1.165) is 48.5 Å². The summed E-state index contributed by atoms with van der Waals surface area (Å²) in [5.41, 5.74) is -4.84. The molecule has 0 heterocycles. The first-order valence-electron chi connectivity index (χ1n) is 12.3. The average molecular weight is 636 g/mol. The van der Waals surface area contributed by atoms with E-state index in [0.29, 0.717) is 0 Å². The van der Waals surface area contributed by atoms with E-state index in [1.54, 1.807) is 0 Å². The van der Waals surface area contributed by atoms with Gasteiger partial charge in [0.25, 0.3) is 0 Å². The number of methoxy groups -OCH3 is 1. The van der Waals surface area contributed by atoms with Crippen LogP contribution < -0.4 is 14.2 Å². The number of benzene rings is 4. The highest BCUT2D eigenvalue weighted by molar-refractivity contribution is 6.19. The molecule has 15 heteroatoms. The molecule has 0 aliphatic carbocycles. The maximum atomic E-state index is 12.8. The number of carbonyl (C=O) groups is 3. The molecule has 3 N–H and O–H groups in total. The van der Waals surface area contributed by atoms with E-state index in [-0.39, 0.29) is 22.4 Å². The molecular formula is C30H18F6O9. The molecule has 234 valence electrons. The quantitative estimate of drug-likeness (QED) is 0.159. The first-order valence-corrected chi connectivity index (χ1v) is 12.3. The molecule has 45 heavy (non-hydrogen) atoms. The summed E-state index contributed by atoms with van der Waals surface area (Å²) in [6.45, 7) is 0. The van der Waals surface area contributed by atoms with Gasteiger partial charge in [-0.25, -0.2) is 14.4 Å². The van der Waals surface area contributed by atoms with Crippen molar-refractivity contribution in [3.05, 3.63) is 89.5 Å². The number of rotatable bonds is 9.